The standard InChI is InChI=1S/C25H25N3/c1-17-10-9-11-18(2)23(17)16-24-21-14-7-8-15-22(21)25(28-27-24)26-19(3)20-12-5-4-6-13-20/h4-15,19H,16H2,1-3H3,(H,26,28)/t19-/m0/s1. The fourth-order valence-electron chi connectivity index (χ4n) is 3.72. The highest BCUT2D eigenvalue weighted by atomic mass is 15.2. The number of hydrogen-bond acceptors (Lipinski definition) is 3. The lowest BCUT2D eigenvalue weighted by Crippen LogP contribution is -2.10. The summed E-state index contributed by atoms with van der Waals surface area (Å²) in [6, 6.07) is 25.4. The first-order valence-corrected chi connectivity index (χ1v) is 9.74. The van der Waals surface area contributed by atoms with E-state index in [1.54, 1.807) is 0 Å². The Balaban J connectivity index is 1.71. The van der Waals surface area contributed by atoms with Crippen molar-refractivity contribution in [3.63, 3.8) is 0 Å². The van der Waals surface area contributed by atoms with E-state index in [2.05, 4.69) is 103 Å². The monoisotopic (exact) mass is 367 g/mol. The molecule has 0 aliphatic heterocycles. The smallest absolute Gasteiger partial charge is 0.157 e. The molecule has 0 unspecified atom stereocenters. The summed E-state index contributed by atoms with van der Waals surface area (Å²) in [7, 11) is 0. The summed E-state index contributed by atoms with van der Waals surface area (Å²) >= 11 is 0. The third-order valence-corrected chi connectivity index (χ3v) is 5.41. The Bertz CT molecular complexity index is 1080. The molecule has 3 nitrogen and oxygen atoms in total. The molecule has 4 rings (SSSR count). The number of nitrogens with zero attached hydrogens (tertiary/aromatic N) is 2. The summed E-state index contributed by atoms with van der Waals surface area (Å²) in [5.41, 5.74) is 6.18. The second-order valence-electron chi connectivity index (χ2n) is 7.36. The molecule has 0 spiro atoms. The van der Waals surface area contributed by atoms with Crippen LogP contribution in [0.3, 0.4) is 0 Å². The zero-order valence-electron chi connectivity index (χ0n) is 16.6. The number of benzene rings is 3. The van der Waals surface area contributed by atoms with Crippen LogP contribution in [0.1, 0.15) is 40.9 Å². The van der Waals surface area contributed by atoms with Crippen LogP contribution in [-0.4, -0.2) is 10.2 Å². The molecular formula is C25H25N3. The highest BCUT2D eigenvalue weighted by Crippen LogP contribution is 2.28. The average molecular weight is 367 g/mol. The third-order valence-electron chi connectivity index (χ3n) is 5.41. The molecule has 3 heteroatoms. The molecule has 3 aromatic carbocycles. The van der Waals surface area contributed by atoms with Gasteiger partial charge in [-0.2, -0.15) is 5.10 Å². The van der Waals surface area contributed by atoms with Gasteiger partial charge in [-0.05, 0) is 43.0 Å². The zero-order valence-corrected chi connectivity index (χ0v) is 16.6. The molecule has 0 saturated heterocycles. The van der Waals surface area contributed by atoms with Gasteiger partial charge in [0.1, 0.15) is 0 Å². The van der Waals surface area contributed by atoms with Gasteiger partial charge in [-0.15, -0.1) is 5.10 Å². The fourth-order valence-corrected chi connectivity index (χ4v) is 3.72. The molecule has 1 atom stereocenters. The molecule has 0 radical (unpaired) electrons. The second kappa shape index (κ2) is 7.81. The van der Waals surface area contributed by atoms with E-state index in [1.807, 2.05) is 6.07 Å². The number of rotatable bonds is 5. The minimum Gasteiger partial charge on any atom is -0.362 e. The summed E-state index contributed by atoms with van der Waals surface area (Å²) in [4.78, 5) is 0. The van der Waals surface area contributed by atoms with Gasteiger partial charge in [0.15, 0.2) is 5.82 Å². The number of anilines is 1. The summed E-state index contributed by atoms with van der Waals surface area (Å²) in [5.74, 6) is 0.831. The van der Waals surface area contributed by atoms with Crippen molar-refractivity contribution in [2.24, 2.45) is 0 Å². The Labute approximate surface area is 166 Å². The van der Waals surface area contributed by atoms with Crippen molar-refractivity contribution < 1.29 is 0 Å². The molecule has 28 heavy (non-hydrogen) atoms. The molecule has 1 heterocycles. The summed E-state index contributed by atoms with van der Waals surface area (Å²) < 4.78 is 0. The highest BCUT2D eigenvalue weighted by Gasteiger charge is 2.14. The fraction of sp³-hybridized carbons (Fsp3) is 0.200. The van der Waals surface area contributed by atoms with Gasteiger partial charge in [-0.1, -0.05) is 72.8 Å². The molecule has 140 valence electrons. The Kier molecular flexibility index (Phi) is 5.07. The Morgan fingerprint density at radius 1 is 0.750 bits per heavy atom. The SMILES string of the molecule is Cc1cccc(C)c1Cc1nnc(N[C@@H](C)c2ccccc2)c2ccccc12. The highest BCUT2D eigenvalue weighted by molar-refractivity contribution is 5.93. The van der Waals surface area contributed by atoms with Gasteiger partial charge >= 0.3 is 0 Å². The topological polar surface area (TPSA) is 37.8 Å². The van der Waals surface area contributed by atoms with E-state index < -0.39 is 0 Å². The molecule has 0 amide bonds. The summed E-state index contributed by atoms with van der Waals surface area (Å²) in [6.07, 6.45) is 0.792. The quantitative estimate of drug-likeness (QED) is 0.469. The van der Waals surface area contributed by atoms with E-state index in [4.69, 9.17) is 0 Å². The molecule has 0 aliphatic rings. The van der Waals surface area contributed by atoms with Gasteiger partial charge in [0.25, 0.3) is 0 Å². The minimum absolute atomic E-state index is 0.156. The van der Waals surface area contributed by atoms with Crippen LogP contribution in [0.5, 0.6) is 0 Å². The maximum Gasteiger partial charge on any atom is 0.157 e. The molecule has 1 N–H and O–H groups in total. The van der Waals surface area contributed by atoms with Crippen LogP contribution in [0.4, 0.5) is 5.82 Å². The van der Waals surface area contributed by atoms with Gasteiger partial charge in [-0.25, -0.2) is 0 Å². The zero-order chi connectivity index (χ0) is 19.5. The molecular weight excluding hydrogens is 342 g/mol. The van der Waals surface area contributed by atoms with E-state index >= 15 is 0 Å². The van der Waals surface area contributed by atoms with E-state index in [-0.39, 0.29) is 6.04 Å². The van der Waals surface area contributed by atoms with Crippen LogP contribution in [-0.2, 0) is 6.42 Å². The Morgan fingerprint density at radius 2 is 1.39 bits per heavy atom. The number of aryl methyl sites for hydroxylation is 2. The maximum atomic E-state index is 4.62. The number of fused-ring (bicyclic) bond motifs is 1. The predicted molar refractivity (Wildman–Crippen MR) is 117 cm³/mol. The molecule has 0 bridgehead atoms. The largest absolute Gasteiger partial charge is 0.362 e. The van der Waals surface area contributed by atoms with Crippen LogP contribution in [0.15, 0.2) is 72.8 Å². The minimum atomic E-state index is 0.156. The lowest BCUT2D eigenvalue weighted by molar-refractivity contribution is 0.857. The van der Waals surface area contributed by atoms with Crippen molar-refractivity contribution in [3.05, 3.63) is 101 Å². The van der Waals surface area contributed by atoms with Crippen molar-refractivity contribution in [3.8, 4) is 0 Å². The van der Waals surface area contributed by atoms with Crippen molar-refractivity contribution >= 4 is 16.6 Å². The van der Waals surface area contributed by atoms with Gasteiger partial charge in [0.2, 0.25) is 0 Å². The normalized spacial score (nSPS) is 12.1. The van der Waals surface area contributed by atoms with E-state index in [1.165, 1.54) is 22.3 Å². The first-order valence-electron chi connectivity index (χ1n) is 9.74. The van der Waals surface area contributed by atoms with Crippen molar-refractivity contribution in [1.29, 1.82) is 0 Å². The van der Waals surface area contributed by atoms with Gasteiger partial charge in [0, 0.05) is 17.2 Å². The van der Waals surface area contributed by atoms with Crippen LogP contribution in [0, 0.1) is 13.8 Å². The van der Waals surface area contributed by atoms with Crippen molar-refractivity contribution in [2.75, 3.05) is 5.32 Å². The predicted octanol–water partition coefficient (Wildman–Crippen LogP) is 6.01. The average Bonchev–Trinajstić information content (AvgIpc) is 2.73. The number of nitrogens with one attached hydrogen (secondary N) is 1. The Morgan fingerprint density at radius 3 is 2.11 bits per heavy atom. The van der Waals surface area contributed by atoms with Gasteiger partial charge in [0.05, 0.1) is 11.7 Å². The lowest BCUT2D eigenvalue weighted by Gasteiger charge is -2.17. The first-order chi connectivity index (χ1) is 13.6. The van der Waals surface area contributed by atoms with E-state index in [0.717, 1.165) is 28.7 Å². The summed E-state index contributed by atoms with van der Waals surface area (Å²) in [5, 5.41) is 15.0. The second-order valence-corrected chi connectivity index (χ2v) is 7.36. The molecule has 0 aliphatic carbocycles. The van der Waals surface area contributed by atoms with Crippen LogP contribution < -0.4 is 5.32 Å². The van der Waals surface area contributed by atoms with Crippen LogP contribution >= 0.6 is 0 Å². The first kappa shape index (κ1) is 18.2. The maximum absolute atomic E-state index is 4.62. The Hall–Kier alpha value is -3.20. The van der Waals surface area contributed by atoms with Gasteiger partial charge < -0.3 is 5.32 Å². The van der Waals surface area contributed by atoms with Crippen LogP contribution in [0.25, 0.3) is 10.8 Å². The van der Waals surface area contributed by atoms with E-state index in [9.17, 15) is 0 Å². The van der Waals surface area contributed by atoms with Crippen molar-refractivity contribution in [2.45, 2.75) is 33.2 Å². The molecule has 4 aromatic rings. The molecule has 1 aromatic heterocycles. The van der Waals surface area contributed by atoms with E-state index in [0.29, 0.717) is 0 Å². The lowest BCUT2D eigenvalue weighted by atomic mass is 9.96. The number of aromatic nitrogens is 2. The third kappa shape index (κ3) is 3.61. The molecule has 0 saturated carbocycles. The van der Waals surface area contributed by atoms with Gasteiger partial charge in [-0.3, -0.25) is 0 Å². The van der Waals surface area contributed by atoms with Crippen molar-refractivity contribution in [1.82, 2.24) is 10.2 Å². The summed E-state index contributed by atoms with van der Waals surface area (Å²) in [6.45, 7) is 6.47. The number of hydrogen-bond donors (Lipinski definition) is 1. The van der Waals surface area contributed by atoms with Crippen LogP contribution in [0.2, 0.25) is 0 Å². The molecule has 0 fully saturated rings.